The van der Waals surface area contributed by atoms with E-state index in [1.807, 2.05) is 12.1 Å². The summed E-state index contributed by atoms with van der Waals surface area (Å²) in [6, 6.07) is 5.67. The van der Waals surface area contributed by atoms with Crippen LogP contribution in [0.1, 0.15) is 114 Å². The van der Waals surface area contributed by atoms with Gasteiger partial charge in [-0.3, -0.25) is 9.59 Å². The molecule has 0 aliphatic carbocycles. The number of aliphatic carboxylic acids is 2. The lowest BCUT2D eigenvalue weighted by Crippen LogP contribution is -2.15. The van der Waals surface area contributed by atoms with E-state index in [9.17, 15) is 19.8 Å². The van der Waals surface area contributed by atoms with Crippen molar-refractivity contribution in [2.75, 3.05) is 0 Å². The smallest absolute Gasteiger partial charge is 0.310 e. The van der Waals surface area contributed by atoms with E-state index in [1.165, 1.54) is 57.8 Å². The SMILES string of the molecule is CCCCCCCCCCCCc1ccc(C(C)C(=O)O)c(C(C)C(=O)O)c1. The molecule has 0 saturated carbocycles. The molecule has 0 radical (unpaired) electrons. The van der Waals surface area contributed by atoms with Gasteiger partial charge >= 0.3 is 11.9 Å². The molecule has 1 aromatic carbocycles. The number of carboxylic acids is 2. The van der Waals surface area contributed by atoms with Crippen LogP contribution in [0, 0.1) is 0 Å². The van der Waals surface area contributed by atoms with Crippen LogP contribution in [0.2, 0.25) is 0 Å². The van der Waals surface area contributed by atoms with E-state index >= 15 is 0 Å². The maximum atomic E-state index is 11.5. The van der Waals surface area contributed by atoms with E-state index in [0.29, 0.717) is 11.1 Å². The average Bonchev–Trinajstić information content (AvgIpc) is 2.68. The van der Waals surface area contributed by atoms with Crippen LogP contribution in [0.4, 0.5) is 0 Å². The lowest BCUT2D eigenvalue weighted by molar-refractivity contribution is -0.140. The number of benzene rings is 1. The third-order valence-corrected chi connectivity index (χ3v) is 5.64. The van der Waals surface area contributed by atoms with Crippen molar-refractivity contribution in [1.82, 2.24) is 0 Å². The zero-order valence-electron chi connectivity index (χ0n) is 17.9. The fourth-order valence-corrected chi connectivity index (χ4v) is 3.63. The Morgan fingerprint density at radius 3 is 1.71 bits per heavy atom. The molecule has 0 aliphatic rings. The highest BCUT2D eigenvalue weighted by Gasteiger charge is 2.24. The van der Waals surface area contributed by atoms with Gasteiger partial charge in [0.05, 0.1) is 11.8 Å². The molecular formula is C24H38O4. The maximum absolute atomic E-state index is 11.5. The second-order valence-electron chi connectivity index (χ2n) is 8.02. The molecule has 28 heavy (non-hydrogen) atoms. The van der Waals surface area contributed by atoms with Crippen molar-refractivity contribution >= 4 is 11.9 Å². The van der Waals surface area contributed by atoms with Gasteiger partial charge in [0, 0.05) is 0 Å². The van der Waals surface area contributed by atoms with Crippen LogP contribution >= 0.6 is 0 Å². The molecule has 4 heteroatoms. The Kier molecular flexibility index (Phi) is 11.5. The minimum Gasteiger partial charge on any atom is -0.481 e. The predicted octanol–water partition coefficient (Wildman–Crippen LogP) is 6.53. The standard InChI is InChI=1S/C24H38O4/c1-4-5-6-7-8-9-10-11-12-13-14-20-15-16-21(18(2)23(25)26)22(17-20)19(3)24(27)28/h15-19H,4-14H2,1-3H3,(H,25,26)(H,27,28). The van der Waals surface area contributed by atoms with Crippen molar-refractivity contribution < 1.29 is 19.8 Å². The Bertz CT molecular complexity index is 609. The lowest BCUT2D eigenvalue weighted by Gasteiger charge is -2.18. The highest BCUT2D eigenvalue weighted by molar-refractivity contribution is 5.80. The average molecular weight is 391 g/mol. The van der Waals surface area contributed by atoms with E-state index in [0.717, 1.165) is 18.4 Å². The quantitative estimate of drug-likeness (QED) is 0.334. The summed E-state index contributed by atoms with van der Waals surface area (Å²) in [6.07, 6.45) is 13.8. The van der Waals surface area contributed by atoms with Gasteiger partial charge in [0.2, 0.25) is 0 Å². The van der Waals surface area contributed by atoms with E-state index in [1.54, 1.807) is 19.9 Å². The van der Waals surface area contributed by atoms with Gasteiger partial charge in [0.15, 0.2) is 0 Å². The fraction of sp³-hybridized carbons (Fsp3) is 0.667. The summed E-state index contributed by atoms with van der Waals surface area (Å²) in [4.78, 5) is 22.8. The first kappa shape index (κ1) is 24.2. The van der Waals surface area contributed by atoms with Crippen LogP contribution in [0.25, 0.3) is 0 Å². The zero-order valence-corrected chi connectivity index (χ0v) is 17.9. The van der Waals surface area contributed by atoms with Gasteiger partial charge in [-0.1, -0.05) is 82.9 Å². The van der Waals surface area contributed by atoms with Crippen LogP contribution in [-0.4, -0.2) is 22.2 Å². The second-order valence-corrected chi connectivity index (χ2v) is 8.02. The largest absolute Gasteiger partial charge is 0.481 e. The van der Waals surface area contributed by atoms with E-state index < -0.39 is 23.8 Å². The highest BCUT2D eigenvalue weighted by Crippen LogP contribution is 2.29. The predicted molar refractivity (Wildman–Crippen MR) is 114 cm³/mol. The molecule has 0 aliphatic heterocycles. The number of hydrogen-bond donors (Lipinski definition) is 2. The monoisotopic (exact) mass is 390 g/mol. The van der Waals surface area contributed by atoms with Crippen LogP contribution in [0.5, 0.6) is 0 Å². The summed E-state index contributed by atoms with van der Waals surface area (Å²) in [5.74, 6) is -3.26. The fourth-order valence-electron chi connectivity index (χ4n) is 3.63. The topological polar surface area (TPSA) is 74.6 Å². The van der Waals surface area contributed by atoms with Crippen molar-refractivity contribution in [2.45, 2.75) is 103 Å². The first-order valence-electron chi connectivity index (χ1n) is 11.0. The third-order valence-electron chi connectivity index (χ3n) is 5.64. The number of rotatable bonds is 15. The molecule has 4 nitrogen and oxygen atoms in total. The Balaban J connectivity index is 2.50. The van der Waals surface area contributed by atoms with Crippen LogP contribution in [0.3, 0.4) is 0 Å². The van der Waals surface area contributed by atoms with Crippen molar-refractivity contribution in [3.8, 4) is 0 Å². The van der Waals surface area contributed by atoms with Gasteiger partial charge < -0.3 is 10.2 Å². The zero-order chi connectivity index (χ0) is 20.9. The molecule has 1 aromatic rings. The second kappa shape index (κ2) is 13.4. The van der Waals surface area contributed by atoms with Gasteiger partial charge in [-0.25, -0.2) is 0 Å². The van der Waals surface area contributed by atoms with Crippen LogP contribution < -0.4 is 0 Å². The molecule has 2 atom stereocenters. The minimum atomic E-state index is -0.929. The Morgan fingerprint density at radius 2 is 1.21 bits per heavy atom. The van der Waals surface area contributed by atoms with Crippen molar-refractivity contribution in [3.05, 3.63) is 34.9 Å². The van der Waals surface area contributed by atoms with Crippen LogP contribution in [0.15, 0.2) is 18.2 Å². The summed E-state index contributed by atoms with van der Waals surface area (Å²) >= 11 is 0. The Hall–Kier alpha value is -1.84. The summed E-state index contributed by atoms with van der Waals surface area (Å²) in [6.45, 7) is 5.48. The molecule has 0 bridgehead atoms. The molecule has 158 valence electrons. The number of aryl methyl sites for hydroxylation is 1. The molecule has 2 unspecified atom stereocenters. The number of carboxylic acid groups (broad SMARTS) is 2. The first-order chi connectivity index (χ1) is 13.4. The molecule has 0 spiro atoms. The molecule has 1 rings (SSSR count). The normalized spacial score (nSPS) is 13.2. The third kappa shape index (κ3) is 8.45. The number of unbranched alkanes of at least 4 members (excludes halogenated alkanes) is 9. The summed E-state index contributed by atoms with van der Waals surface area (Å²) in [5, 5.41) is 18.7. The summed E-state index contributed by atoms with van der Waals surface area (Å²) in [7, 11) is 0. The number of hydrogen-bond acceptors (Lipinski definition) is 2. The molecule has 2 N–H and O–H groups in total. The molecule has 0 saturated heterocycles. The summed E-state index contributed by atoms with van der Waals surface area (Å²) < 4.78 is 0. The van der Waals surface area contributed by atoms with E-state index in [2.05, 4.69) is 6.92 Å². The number of carbonyl (C=O) groups is 2. The molecule has 0 fully saturated rings. The van der Waals surface area contributed by atoms with Gasteiger partial charge in [0.1, 0.15) is 0 Å². The van der Waals surface area contributed by atoms with E-state index in [-0.39, 0.29) is 0 Å². The van der Waals surface area contributed by atoms with E-state index in [4.69, 9.17) is 0 Å². The minimum absolute atomic E-state index is 0.606. The molecule has 0 aromatic heterocycles. The summed E-state index contributed by atoms with van der Waals surface area (Å²) in [5.41, 5.74) is 2.34. The van der Waals surface area contributed by atoms with Crippen molar-refractivity contribution in [3.63, 3.8) is 0 Å². The van der Waals surface area contributed by atoms with Gasteiger partial charge in [0.25, 0.3) is 0 Å². The Morgan fingerprint density at radius 1 is 0.750 bits per heavy atom. The maximum Gasteiger partial charge on any atom is 0.310 e. The molecule has 0 heterocycles. The Labute approximate surface area is 170 Å². The van der Waals surface area contributed by atoms with Crippen molar-refractivity contribution in [1.29, 1.82) is 0 Å². The van der Waals surface area contributed by atoms with Gasteiger partial charge in [-0.2, -0.15) is 0 Å². The van der Waals surface area contributed by atoms with Gasteiger partial charge in [-0.15, -0.1) is 0 Å². The molecule has 0 amide bonds. The van der Waals surface area contributed by atoms with Crippen LogP contribution in [-0.2, 0) is 16.0 Å². The van der Waals surface area contributed by atoms with Gasteiger partial charge in [-0.05, 0) is 43.4 Å². The molecular weight excluding hydrogens is 352 g/mol. The first-order valence-corrected chi connectivity index (χ1v) is 11.0. The highest BCUT2D eigenvalue weighted by atomic mass is 16.4. The van der Waals surface area contributed by atoms with Crippen molar-refractivity contribution in [2.24, 2.45) is 0 Å². The lowest BCUT2D eigenvalue weighted by atomic mass is 9.87.